The Labute approximate surface area is 117 Å². The molecule has 0 saturated carbocycles. The number of aromatic nitrogens is 2. The molecule has 3 heterocycles. The Balaban J connectivity index is 1.64. The molecule has 2 fully saturated rings. The van der Waals surface area contributed by atoms with Gasteiger partial charge < -0.3 is 4.90 Å². The molecule has 9 heteroatoms. The van der Waals surface area contributed by atoms with Crippen molar-refractivity contribution in [2.45, 2.75) is 13.0 Å². The van der Waals surface area contributed by atoms with Gasteiger partial charge in [0, 0.05) is 13.1 Å². The molecule has 0 spiro atoms. The lowest BCUT2D eigenvalue weighted by Crippen LogP contribution is -2.62. The fourth-order valence-corrected chi connectivity index (χ4v) is 3.47. The molecule has 2 aliphatic rings. The van der Waals surface area contributed by atoms with Gasteiger partial charge in [0.05, 0.1) is 17.5 Å². The summed E-state index contributed by atoms with van der Waals surface area (Å²) < 4.78 is 3.73. The van der Waals surface area contributed by atoms with Crippen molar-refractivity contribution < 1.29 is 14.4 Å². The summed E-state index contributed by atoms with van der Waals surface area (Å²) in [6, 6.07) is -0.180. The normalized spacial score (nSPS) is 20.1. The summed E-state index contributed by atoms with van der Waals surface area (Å²) in [4.78, 5) is 38.6. The van der Waals surface area contributed by atoms with E-state index < -0.39 is 0 Å². The summed E-state index contributed by atoms with van der Waals surface area (Å²) in [5, 5.41) is 3.59. The van der Waals surface area contributed by atoms with E-state index in [1.54, 1.807) is 11.8 Å². The van der Waals surface area contributed by atoms with Crippen molar-refractivity contribution in [3.05, 3.63) is 10.6 Å². The van der Waals surface area contributed by atoms with Crippen LogP contribution in [-0.2, 0) is 4.79 Å². The number of aryl methyl sites for hydroxylation is 1. The summed E-state index contributed by atoms with van der Waals surface area (Å²) in [5.74, 6) is -0.0838. The average molecular weight is 298 g/mol. The van der Waals surface area contributed by atoms with Crippen molar-refractivity contribution in [1.82, 2.24) is 19.4 Å². The fourth-order valence-electron chi connectivity index (χ4n) is 2.07. The molecule has 0 atom stereocenters. The van der Waals surface area contributed by atoms with Crippen molar-refractivity contribution >= 4 is 40.3 Å². The molecule has 0 radical (unpaired) electrons. The van der Waals surface area contributed by atoms with Gasteiger partial charge in [0.2, 0.25) is 5.91 Å². The fraction of sp³-hybridized carbons (Fsp3) is 0.500. The number of likely N-dealkylation sites (tertiary alicyclic amines) is 1. The molecule has 100 valence electrons. The standard InChI is InChI=1S/C10H10N4O3S2/c1-5-8(19-12-11-5)9(16)13-2-6(3-13)14-7(15)4-18-10(14)17/h6H,2-4H2,1H3. The smallest absolute Gasteiger partial charge is 0.289 e. The van der Waals surface area contributed by atoms with Gasteiger partial charge in [0.1, 0.15) is 4.88 Å². The van der Waals surface area contributed by atoms with Crippen molar-refractivity contribution in [3.63, 3.8) is 0 Å². The molecule has 0 bridgehead atoms. The van der Waals surface area contributed by atoms with Crippen LogP contribution in [0.15, 0.2) is 0 Å². The number of carbonyl (C=O) groups excluding carboxylic acids is 3. The first-order chi connectivity index (χ1) is 9.08. The van der Waals surface area contributed by atoms with E-state index in [9.17, 15) is 14.4 Å². The lowest BCUT2D eigenvalue weighted by molar-refractivity contribution is -0.128. The van der Waals surface area contributed by atoms with Crippen LogP contribution in [0.1, 0.15) is 15.4 Å². The van der Waals surface area contributed by atoms with Crippen LogP contribution in [0.4, 0.5) is 4.79 Å². The topological polar surface area (TPSA) is 83.5 Å². The molecule has 0 aliphatic carbocycles. The molecule has 0 N–H and O–H groups in total. The van der Waals surface area contributed by atoms with E-state index in [0.29, 0.717) is 23.7 Å². The number of hydrogen-bond acceptors (Lipinski definition) is 7. The summed E-state index contributed by atoms with van der Waals surface area (Å²) in [6.07, 6.45) is 0. The zero-order chi connectivity index (χ0) is 13.6. The van der Waals surface area contributed by atoms with E-state index in [1.165, 1.54) is 4.90 Å². The van der Waals surface area contributed by atoms with Gasteiger partial charge in [-0.1, -0.05) is 16.3 Å². The summed E-state index contributed by atoms with van der Waals surface area (Å²) in [7, 11) is 0. The Morgan fingerprint density at radius 1 is 1.37 bits per heavy atom. The maximum absolute atomic E-state index is 12.1. The first-order valence-corrected chi connectivity index (χ1v) is 7.41. The third-order valence-corrected chi connectivity index (χ3v) is 4.80. The van der Waals surface area contributed by atoms with Crippen molar-refractivity contribution in [2.75, 3.05) is 18.8 Å². The van der Waals surface area contributed by atoms with Crippen LogP contribution in [0.3, 0.4) is 0 Å². The number of rotatable bonds is 2. The molecule has 3 rings (SSSR count). The van der Waals surface area contributed by atoms with Gasteiger partial charge in [-0.2, -0.15) is 0 Å². The zero-order valence-electron chi connectivity index (χ0n) is 10.0. The highest BCUT2D eigenvalue weighted by Crippen LogP contribution is 2.27. The molecule has 1 aromatic heterocycles. The first kappa shape index (κ1) is 12.5. The minimum absolute atomic E-state index is 0.129. The molecular weight excluding hydrogens is 288 g/mol. The maximum Gasteiger partial charge on any atom is 0.289 e. The lowest BCUT2D eigenvalue weighted by atomic mass is 10.1. The van der Waals surface area contributed by atoms with Crippen molar-refractivity contribution in [1.29, 1.82) is 0 Å². The minimum Gasteiger partial charge on any atom is -0.334 e. The van der Waals surface area contributed by atoms with Gasteiger partial charge in [-0.3, -0.25) is 19.3 Å². The predicted molar refractivity (Wildman–Crippen MR) is 69.0 cm³/mol. The Hall–Kier alpha value is -1.48. The second kappa shape index (κ2) is 4.57. The SMILES string of the molecule is Cc1nnsc1C(=O)N1CC(N2C(=O)CSC2=O)C1. The van der Waals surface area contributed by atoms with Crippen molar-refractivity contribution in [3.8, 4) is 0 Å². The van der Waals surface area contributed by atoms with Gasteiger partial charge in [-0.25, -0.2) is 0 Å². The molecule has 1 aromatic rings. The van der Waals surface area contributed by atoms with E-state index in [2.05, 4.69) is 9.59 Å². The Kier molecular flexibility index (Phi) is 3.02. The van der Waals surface area contributed by atoms with Gasteiger partial charge in [-0.15, -0.1) is 5.10 Å². The van der Waals surface area contributed by atoms with E-state index in [0.717, 1.165) is 23.3 Å². The van der Waals surface area contributed by atoms with E-state index >= 15 is 0 Å². The molecular formula is C10H10N4O3S2. The number of hydrogen-bond donors (Lipinski definition) is 0. The summed E-state index contributed by atoms with van der Waals surface area (Å²) in [5.41, 5.74) is 0.613. The molecule has 7 nitrogen and oxygen atoms in total. The molecule has 3 amide bonds. The van der Waals surface area contributed by atoms with Crippen LogP contribution < -0.4 is 0 Å². The second-order valence-electron chi connectivity index (χ2n) is 4.37. The van der Waals surface area contributed by atoms with E-state index in [1.807, 2.05) is 0 Å². The van der Waals surface area contributed by atoms with Crippen LogP contribution in [-0.4, -0.2) is 61.3 Å². The summed E-state index contributed by atoms with van der Waals surface area (Å²) in [6.45, 7) is 2.53. The van der Waals surface area contributed by atoms with Crippen LogP contribution in [0.5, 0.6) is 0 Å². The second-order valence-corrected chi connectivity index (χ2v) is 6.05. The van der Waals surface area contributed by atoms with Gasteiger partial charge in [-0.05, 0) is 18.5 Å². The Morgan fingerprint density at radius 2 is 2.11 bits per heavy atom. The quantitative estimate of drug-likeness (QED) is 0.784. The summed E-state index contributed by atoms with van der Waals surface area (Å²) >= 11 is 2.08. The van der Waals surface area contributed by atoms with Crippen LogP contribution in [0.2, 0.25) is 0 Å². The van der Waals surface area contributed by atoms with E-state index in [4.69, 9.17) is 0 Å². The Morgan fingerprint density at radius 3 is 2.63 bits per heavy atom. The van der Waals surface area contributed by atoms with Gasteiger partial charge >= 0.3 is 0 Å². The highest BCUT2D eigenvalue weighted by atomic mass is 32.2. The number of thioether (sulfide) groups is 1. The van der Waals surface area contributed by atoms with Crippen molar-refractivity contribution in [2.24, 2.45) is 0 Å². The Bertz CT molecular complexity index is 551. The third kappa shape index (κ3) is 2.02. The number of nitrogens with zero attached hydrogens (tertiary/aromatic N) is 4. The molecule has 0 aromatic carbocycles. The highest BCUT2D eigenvalue weighted by Gasteiger charge is 2.43. The number of amides is 3. The van der Waals surface area contributed by atoms with E-state index in [-0.39, 0.29) is 28.8 Å². The van der Waals surface area contributed by atoms with Gasteiger partial charge in [0.15, 0.2) is 0 Å². The first-order valence-electron chi connectivity index (χ1n) is 5.65. The number of carbonyl (C=O) groups is 3. The highest BCUT2D eigenvalue weighted by molar-refractivity contribution is 8.14. The largest absolute Gasteiger partial charge is 0.334 e. The number of imide groups is 1. The third-order valence-electron chi connectivity index (χ3n) is 3.14. The predicted octanol–water partition coefficient (Wildman–Crippen LogP) is 0.366. The molecule has 2 saturated heterocycles. The van der Waals surface area contributed by atoms with Gasteiger partial charge in [0.25, 0.3) is 11.1 Å². The average Bonchev–Trinajstić information content (AvgIpc) is 2.87. The molecule has 2 aliphatic heterocycles. The van der Waals surface area contributed by atoms with Crippen LogP contribution >= 0.6 is 23.3 Å². The van der Waals surface area contributed by atoms with Crippen LogP contribution in [0, 0.1) is 6.92 Å². The molecule has 19 heavy (non-hydrogen) atoms. The molecule has 0 unspecified atom stereocenters. The maximum atomic E-state index is 12.1. The monoisotopic (exact) mass is 298 g/mol. The van der Waals surface area contributed by atoms with Crippen LogP contribution in [0.25, 0.3) is 0 Å². The zero-order valence-corrected chi connectivity index (χ0v) is 11.7. The lowest BCUT2D eigenvalue weighted by Gasteiger charge is -2.42. The minimum atomic E-state index is -0.210.